The third-order valence-electron chi connectivity index (χ3n) is 3.63. The van der Waals surface area contributed by atoms with Gasteiger partial charge in [0.15, 0.2) is 0 Å². The van der Waals surface area contributed by atoms with Crippen LogP contribution in [0.2, 0.25) is 0 Å². The van der Waals surface area contributed by atoms with Gasteiger partial charge in [-0.25, -0.2) is 4.98 Å². The number of β-amino-alcohol motifs (C(OH)–C–C–N with tert-alkyl or cyclic N) is 1. The molecular weight excluding hydrogens is 322 g/mol. The van der Waals surface area contributed by atoms with Crippen LogP contribution in [0.3, 0.4) is 0 Å². The number of rotatable bonds is 3. The minimum atomic E-state index is -0.449. The van der Waals surface area contributed by atoms with Crippen LogP contribution >= 0.6 is 15.9 Å². The van der Waals surface area contributed by atoms with Gasteiger partial charge >= 0.3 is 0 Å². The van der Waals surface area contributed by atoms with Crippen molar-refractivity contribution in [2.75, 3.05) is 25.0 Å². The van der Waals surface area contributed by atoms with Gasteiger partial charge in [-0.15, -0.1) is 0 Å². The van der Waals surface area contributed by atoms with Crippen molar-refractivity contribution < 1.29 is 9.90 Å². The second-order valence-electron chi connectivity index (χ2n) is 5.16. The number of hydrogen-bond acceptors (Lipinski definition) is 4. The van der Waals surface area contributed by atoms with E-state index in [4.69, 9.17) is 0 Å². The molecule has 0 radical (unpaired) electrons. The van der Waals surface area contributed by atoms with E-state index >= 15 is 0 Å². The van der Waals surface area contributed by atoms with E-state index in [0.29, 0.717) is 31.0 Å². The second kappa shape index (κ2) is 6.54. The monoisotopic (exact) mass is 341 g/mol. The average molecular weight is 342 g/mol. The van der Waals surface area contributed by atoms with Gasteiger partial charge in [0.1, 0.15) is 5.82 Å². The molecule has 0 saturated carbocycles. The van der Waals surface area contributed by atoms with Crippen LogP contribution in [0.1, 0.15) is 30.6 Å². The van der Waals surface area contributed by atoms with Crippen LogP contribution in [-0.4, -0.2) is 46.6 Å². The van der Waals surface area contributed by atoms with Gasteiger partial charge < -0.3 is 15.3 Å². The molecule has 2 rings (SSSR count). The molecule has 1 aliphatic rings. The molecule has 2 atom stereocenters. The van der Waals surface area contributed by atoms with Crippen molar-refractivity contribution in [2.24, 2.45) is 5.92 Å². The number of nitrogens with one attached hydrogen (secondary N) is 1. The number of aliphatic hydroxyl groups excluding tert-OH is 1. The normalized spacial score (nSPS) is 22.7. The van der Waals surface area contributed by atoms with Gasteiger partial charge in [0.25, 0.3) is 5.91 Å². The zero-order valence-corrected chi connectivity index (χ0v) is 13.4. The molecule has 1 fully saturated rings. The Hall–Kier alpha value is -1.14. The number of pyridine rings is 1. The maximum absolute atomic E-state index is 12.6. The highest BCUT2D eigenvalue weighted by Crippen LogP contribution is 2.23. The maximum atomic E-state index is 12.6. The molecule has 5 nitrogen and oxygen atoms in total. The number of piperidine rings is 1. The van der Waals surface area contributed by atoms with Crippen molar-refractivity contribution in [3.05, 3.63) is 22.3 Å². The Labute approximate surface area is 127 Å². The third kappa shape index (κ3) is 3.30. The number of aliphatic hydroxyl groups is 1. The highest BCUT2D eigenvalue weighted by atomic mass is 79.9. The third-order valence-corrected chi connectivity index (χ3v) is 4.07. The zero-order valence-electron chi connectivity index (χ0n) is 11.8. The summed E-state index contributed by atoms with van der Waals surface area (Å²) in [5.41, 5.74) is 0.544. The van der Waals surface area contributed by atoms with Gasteiger partial charge in [-0.05, 0) is 41.3 Å². The number of carbonyl (C=O) groups is 1. The topological polar surface area (TPSA) is 65.5 Å². The van der Waals surface area contributed by atoms with Crippen molar-refractivity contribution in [3.63, 3.8) is 0 Å². The number of nitrogens with zero attached hydrogens (tertiary/aromatic N) is 2. The largest absolute Gasteiger partial charge is 0.391 e. The Morgan fingerprint density at radius 1 is 1.65 bits per heavy atom. The summed E-state index contributed by atoms with van der Waals surface area (Å²) in [7, 11) is 0. The van der Waals surface area contributed by atoms with Gasteiger partial charge in [-0.2, -0.15) is 0 Å². The maximum Gasteiger partial charge on any atom is 0.257 e. The minimum Gasteiger partial charge on any atom is -0.391 e. The van der Waals surface area contributed by atoms with E-state index in [1.807, 2.05) is 13.8 Å². The number of amides is 1. The van der Waals surface area contributed by atoms with E-state index < -0.39 is 6.10 Å². The van der Waals surface area contributed by atoms with Crippen LogP contribution in [0.5, 0.6) is 0 Å². The molecular formula is C14H20BrN3O2. The predicted octanol–water partition coefficient (Wildman–Crippen LogP) is 2.12. The summed E-state index contributed by atoms with van der Waals surface area (Å²) in [6.45, 7) is 5.74. The van der Waals surface area contributed by atoms with Gasteiger partial charge in [-0.3, -0.25) is 4.79 Å². The summed E-state index contributed by atoms with van der Waals surface area (Å²) in [6, 6.07) is 1.78. The molecule has 2 heterocycles. The Balaban J connectivity index is 2.22. The van der Waals surface area contributed by atoms with Gasteiger partial charge in [0, 0.05) is 30.3 Å². The fourth-order valence-corrected chi connectivity index (χ4v) is 2.65. The quantitative estimate of drug-likeness (QED) is 0.883. The lowest BCUT2D eigenvalue weighted by Gasteiger charge is -2.34. The van der Waals surface area contributed by atoms with Crippen molar-refractivity contribution >= 4 is 27.7 Å². The van der Waals surface area contributed by atoms with E-state index in [1.54, 1.807) is 17.2 Å². The SMILES string of the molecule is CCNc1ncc(Br)cc1C(=O)N1CCC(C)C(O)C1. The first kappa shape index (κ1) is 15.3. The Morgan fingerprint density at radius 2 is 2.40 bits per heavy atom. The molecule has 1 aliphatic heterocycles. The molecule has 1 aromatic rings. The van der Waals surface area contributed by atoms with Crippen LogP contribution in [0, 0.1) is 5.92 Å². The molecule has 0 aromatic carbocycles. The lowest BCUT2D eigenvalue weighted by molar-refractivity contribution is 0.0249. The highest BCUT2D eigenvalue weighted by Gasteiger charge is 2.29. The van der Waals surface area contributed by atoms with Crippen molar-refractivity contribution in [2.45, 2.75) is 26.4 Å². The average Bonchev–Trinajstić information content (AvgIpc) is 2.43. The van der Waals surface area contributed by atoms with Crippen LogP contribution in [0.15, 0.2) is 16.7 Å². The standard InChI is InChI=1S/C14H20BrN3O2/c1-3-16-13-11(6-10(15)7-17-13)14(20)18-5-4-9(2)12(19)8-18/h6-7,9,12,19H,3-5,8H2,1-2H3,(H,16,17). The molecule has 1 saturated heterocycles. The predicted molar refractivity (Wildman–Crippen MR) is 81.8 cm³/mol. The van der Waals surface area contributed by atoms with E-state index in [9.17, 15) is 9.90 Å². The van der Waals surface area contributed by atoms with Crippen LogP contribution in [-0.2, 0) is 0 Å². The molecule has 0 bridgehead atoms. The molecule has 2 N–H and O–H groups in total. The molecule has 0 aliphatic carbocycles. The van der Waals surface area contributed by atoms with Crippen LogP contribution < -0.4 is 5.32 Å². The Morgan fingerprint density at radius 3 is 3.05 bits per heavy atom. The number of anilines is 1. The van der Waals surface area contributed by atoms with Crippen molar-refractivity contribution in [1.82, 2.24) is 9.88 Å². The smallest absolute Gasteiger partial charge is 0.257 e. The first-order valence-corrected chi connectivity index (χ1v) is 7.69. The fourth-order valence-electron chi connectivity index (χ4n) is 2.31. The van der Waals surface area contributed by atoms with E-state index in [0.717, 1.165) is 10.9 Å². The lowest BCUT2D eigenvalue weighted by Crippen LogP contribution is -2.46. The molecule has 0 spiro atoms. The number of halogens is 1. The summed E-state index contributed by atoms with van der Waals surface area (Å²) in [6.07, 6.45) is 2.04. The van der Waals surface area contributed by atoms with Crippen molar-refractivity contribution in [3.8, 4) is 0 Å². The van der Waals surface area contributed by atoms with E-state index in [1.165, 1.54) is 0 Å². The molecule has 1 aromatic heterocycles. The van der Waals surface area contributed by atoms with E-state index in [-0.39, 0.29) is 11.8 Å². The molecule has 20 heavy (non-hydrogen) atoms. The van der Waals surface area contributed by atoms with Crippen molar-refractivity contribution in [1.29, 1.82) is 0 Å². The van der Waals surface area contributed by atoms with Crippen LogP contribution in [0.25, 0.3) is 0 Å². The zero-order chi connectivity index (χ0) is 14.7. The number of carbonyl (C=O) groups excluding carboxylic acids is 1. The van der Waals surface area contributed by atoms with Gasteiger partial charge in [0.05, 0.1) is 11.7 Å². The molecule has 2 unspecified atom stereocenters. The van der Waals surface area contributed by atoms with E-state index in [2.05, 4.69) is 26.2 Å². The number of likely N-dealkylation sites (tertiary alicyclic amines) is 1. The number of aromatic nitrogens is 1. The highest BCUT2D eigenvalue weighted by molar-refractivity contribution is 9.10. The van der Waals surface area contributed by atoms with Gasteiger partial charge in [0.2, 0.25) is 0 Å². The summed E-state index contributed by atoms with van der Waals surface area (Å²) in [4.78, 5) is 18.6. The second-order valence-corrected chi connectivity index (χ2v) is 6.08. The first-order valence-electron chi connectivity index (χ1n) is 6.89. The molecule has 110 valence electrons. The first-order chi connectivity index (χ1) is 9.52. The summed E-state index contributed by atoms with van der Waals surface area (Å²) >= 11 is 3.35. The Kier molecular flexibility index (Phi) is 4.99. The summed E-state index contributed by atoms with van der Waals surface area (Å²) in [5.74, 6) is 0.752. The van der Waals surface area contributed by atoms with Gasteiger partial charge in [-0.1, -0.05) is 6.92 Å². The number of hydrogen-bond donors (Lipinski definition) is 2. The lowest BCUT2D eigenvalue weighted by atomic mass is 9.95. The minimum absolute atomic E-state index is 0.0827. The molecule has 1 amide bonds. The van der Waals surface area contributed by atoms with Crippen LogP contribution in [0.4, 0.5) is 5.82 Å². The summed E-state index contributed by atoms with van der Waals surface area (Å²) < 4.78 is 0.772. The Bertz CT molecular complexity index is 495. The molecule has 6 heteroatoms. The fraction of sp³-hybridized carbons (Fsp3) is 0.571. The summed E-state index contributed by atoms with van der Waals surface area (Å²) in [5, 5.41) is 13.0.